The number of hydrogen-bond donors (Lipinski definition) is 0. The first-order chi connectivity index (χ1) is 7.49. The summed E-state index contributed by atoms with van der Waals surface area (Å²) in [5.74, 6) is -0.391. The van der Waals surface area contributed by atoms with E-state index in [2.05, 4.69) is 6.58 Å². The number of esters is 1. The van der Waals surface area contributed by atoms with Crippen molar-refractivity contribution in [3.63, 3.8) is 0 Å². The molecule has 0 unspecified atom stereocenters. The Bertz CT molecular complexity index is 361. The number of ether oxygens (including phenoxy) is 1. The highest BCUT2D eigenvalue weighted by Crippen LogP contribution is 2.61. The van der Waals surface area contributed by atoms with E-state index in [0.717, 1.165) is 31.3 Å². The number of methoxy groups -OCH3 is 1. The molecule has 2 atom stereocenters. The lowest BCUT2D eigenvalue weighted by Gasteiger charge is -2.44. The number of Topliss-reactive ketones (excluding diaryl/α,β-unsaturated/α-hetero) is 1. The maximum Gasteiger partial charge on any atom is 0.324 e. The summed E-state index contributed by atoms with van der Waals surface area (Å²) in [6, 6.07) is 0. The first-order valence-corrected chi connectivity index (χ1v) is 5.79. The molecule has 3 heteroatoms. The highest BCUT2D eigenvalue weighted by Gasteiger charge is 2.65. The molecule has 2 fully saturated rings. The molecular weight excluding hydrogens is 204 g/mol. The highest BCUT2D eigenvalue weighted by atomic mass is 16.5. The van der Waals surface area contributed by atoms with Gasteiger partial charge in [0.1, 0.15) is 0 Å². The predicted octanol–water partition coefficient (Wildman–Crippen LogP) is 2.26. The SMILES string of the molecule is C=C1CC[C@]2(C)CCCC(=O)[C@]12C(=O)OC. The van der Waals surface area contributed by atoms with Gasteiger partial charge in [0.25, 0.3) is 0 Å². The standard InChI is InChI=1S/C13H18O3/c1-9-6-8-12(2)7-4-5-10(14)13(9,12)11(15)16-3/h1,4-8H2,2-3H3/t12-,13-/m0/s1. The van der Waals surface area contributed by atoms with E-state index in [0.29, 0.717) is 6.42 Å². The van der Waals surface area contributed by atoms with Crippen LogP contribution in [0.2, 0.25) is 0 Å². The first-order valence-electron chi connectivity index (χ1n) is 5.79. The average Bonchev–Trinajstić information content (AvgIpc) is 2.52. The lowest BCUT2D eigenvalue weighted by molar-refractivity contribution is -0.164. The second-order valence-electron chi connectivity index (χ2n) is 5.18. The number of hydrogen-bond acceptors (Lipinski definition) is 3. The summed E-state index contributed by atoms with van der Waals surface area (Å²) in [6.07, 6.45) is 3.89. The van der Waals surface area contributed by atoms with Gasteiger partial charge in [-0.2, -0.15) is 0 Å². The summed E-state index contributed by atoms with van der Waals surface area (Å²) in [4.78, 5) is 24.3. The molecule has 0 amide bonds. The van der Waals surface area contributed by atoms with Crippen LogP contribution in [-0.4, -0.2) is 18.9 Å². The number of rotatable bonds is 1. The van der Waals surface area contributed by atoms with Gasteiger partial charge < -0.3 is 4.74 Å². The number of carbonyl (C=O) groups is 2. The molecule has 0 bridgehead atoms. The van der Waals surface area contributed by atoms with Crippen LogP contribution >= 0.6 is 0 Å². The van der Waals surface area contributed by atoms with Crippen LogP contribution in [0.3, 0.4) is 0 Å². The van der Waals surface area contributed by atoms with Crippen LogP contribution in [0.15, 0.2) is 12.2 Å². The molecule has 2 saturated carbocycles. The van der Waals surface area contributed by atoms with Gasteiger partial charge in [-0.25, -0.2) is 0 Å². The Balaban J connectivity index is 2.58. The van der Waals surface area contributed by atoms with E-state index in [1.165, 1.54) is 7.11 Å². The van der Waals surface area contributed by atoms with Crippen molar-refractivity contribution in [3.8, 4) is 0 Å². The molecule has 0 aromatic rings. The molecule has 0 N–H and O–H groups in total. The van der Waals surface area contributed by atoms with E-state index >= 15 is 0 Å². The normalized spacial score (nSPS) is 38.4. The van der Waals surface area contributed by atoms with Crippen molar-refractivity contribution in [3.05, 3.63) is 12.2 Å². The van der Waals surface area contributed by atoms with Crippen LogP contribution < -0.4 is 0 Å². The van der Waals surface area contributed by atoms with Crippen LogP contribution in [0.5, 0.6) is 0 Å². The van der Waals surface area contributed by atoms with Crippen LogP contribution in [0, 0.1) is 10.8 Å². The largest absolute Gasteiger partial charge is 0.468 e. The van der Waals surface area contributed by atoms with Crippen LogP contribution in [-0.2, 0) is 14.3 Å². The second-order valence-corrected chi connectivity index (χ2v) is 5.18. The lowest BCUT2D eigenvalue weighted by atomic mass is 9.57. The highest BCUT2D eigenvalue weighted by molar-refractivity contribution is 6.09. The second kappa shape index (κ2) is 3.44. The summed E-state index contributed by atoms with van der Waals surface area (Å²) in [5.41, 5.74) is -0.557. The molecule has 0 saturated heterocycles. The molecule has 2 rings (SSSR count). The summed E-state index contributed by atoms with van der Waals surface area (Å²) in [7, 11) is 1.35. The van der Waals surface area contributed by atoms with Gasteiger partial charge in [0, 0.05) is 6.42 Å². The molecule has 88 valence electrons. The van der Waals surface area contributed by atoms with E-state index in [4.69, 9.17) is 4.74 Å². The fourth-order valence-electron chi connectivity index (χ4n) is 3.56. The monoisotopic (exact) mass is 222 g/mol. The Morgan fingerprint density at radius 1 is 1.38 bits per heavy atom. The smallest absolute Gasteiger partial charge is 0.324 e. The van der Waals surface area contributed by atoms with Gasteiger partial charge in [-0.15, -0.1) is 0 Å². The van der Waals surface area contributed by atoms with E-state index in [-0.39, 0.29) is 11.2 Å². The molecule has 2 aliphatic carbocycles. The average molecular weight is 222 g/mol. The lowest BCUT2D eigenvalue weighted by Crippen LogP contribution is -2.52. The third-order valence-electron chi connectivity index (χ3n) is 4.46. The fourth-order valence-corrected chi connectivity index (χ4v) is 3.56. The zero-order valence-electron chi connectivity index (χ0n) is 9.97. The van der Waals surface area contributed by atoms with Gasteiger partial charge in [0.05, 0.1) is 7.11 Å². The molecule has 0 aliphatic heterocycles. The molecule has 16 heavy (non-hydrogen) atoms. The zero-order valence-corrected chi connectivity index (χ0v) is 9.97. The molecule has 0 radical (unpaired) electrons. The topological polar surface area (TPSA) is 43.4 Å². The minimum Gasteiger partial charge on any atom is -0.468 e. The molecule has 3 nitrogen and oxygen atoms in total. The summed E-state index contributed by atoms with van der Waals surface area (Å²) in [5, 5.41) is 0. The molecule has 2 aliphatic rings. The Labute approximate surface area is 95.9 Å². The van der Waals surface area contributed by atoms with Crippen molar-refractivity contribution in [1.82, 2.24) is 0 Å². The third-order valence-corrected chi connectivity index (χ3v) is 4.46. The molecule has 0 heterocycles. The Hall–Kier alpha value is -1.12. The Morgan fingerprint density at radius 2 is 2.06 bits per heavy atom. The van der Waals surface area contributed by atoms with Crippen molar-refractivity contribution in [2.45, 2.75) is 39.0 Å². The van der Waals surface area contributed by atoms with Gasteiger partial charge in [-0.1, -0.05) is 19.1 Å². The van der Waals surface area contributed by atoms with Crippen molar-refractivity contribution in [2.75, 3.05) is 7.11 Å². The van der Waals surface area contributed by atoms with Crippen molar-refractivity contribution in [1.29, 1.82) is 0 Å². The number of fused-ring (bicyclic) bond motifs is 1. The summed E-state index contributed by atoms with van der Waals surface area (Å²) in [6.45, 7) is 5.98. The summed E-state index contributed by atoms with van der Waals surface area (Å²) < 4.78 is 4.88. The van der Waals surface area contributed by atoms with Gasteiger partial charge in [-0.05, 0) is 31.1 Å². The third kappa shape index (κ3) is 1.09. The minimum absolute atomic E-state index is 0.00981. The van der Waals surface area contributed by atoms with E-state index in [9.17, 15) is 9.59 Å². The van der Waals surface area contributed by atoms with Gasteiger partial charge in [0.2, 0.25) is 0 Å². The first kappa shape index (κ1) is 11.4. The number of ketones is 1. The number of carbonyl (C=O) groups excluding carboxylic acids is 2. The van der Waals surface area contributed by atoms with E-state index < -0.39 is 11.4 Å². The Kier molecular flexibility index (Phi) is 2.44. The maximum absolute atomic E-state index is 12.3. The van der Waals surface area contributed by atoms with Crippen molar-refractivity contribution >= 4 is 11.8 Å². The van der Waals surface area contributed by atoms with E-state index in [1.807, 2.05) is 6.92 Å². The Morgan fingerprint density at radius 3 is 2.69 bits per heavy atom. The van der Waals surface area contributed by atoms with Gasteiger partial charge in [-0.3, -0.25) is 9.59 Å². The molecular formula is C13H18O3. The molecule has 0 spiro atoms. The minimum atomic E-state index is -1.04. The fraction of sp³-hybridized carbons (Fsp3) is 0.692. The predicted molar refractivity (Wildman–Crippen MR) is 59.8 cm³/mol. The zero-order chi connectivity index (χ0) is 12.0. The van der Waals surface area contributed by atoms with Crippen LogP contribution in [0.4, 0.5) is 0 Å². The molecule has 0 aromatic carbocycles. The maximum atomic E-state index is 12.3. The molecule has 0 aromatic heterocycles. The quantitative estimate of drug-likeness (QED) is 0.388. The summed E-state index contributed by atoms with van der Waals surface area (Å²) >= 11 is 0. The van der Waals surface area contributed by atoms with Crippen molar-refractivity contribution in [2.24, 2.45) is 10.8 Å². The van der Waals surface area contributed by atoms with Gasteiger partial charge >= 0.3 is 5.97 Å². The van der Waals surface area contributed by atoms with Crippen LogP contribution in [0.1, 0.15) is 39.0 Å². The van der Waals surface area contributed by atoms with Crippen molar-refractivity contribution < 1.29 is 14.3 Å². The van der Waals surface area contributed by atoms with Gasteiger partial charge in [0.15, 0.2) is 11.2 Å². The van der Waals surface area contributed by atoms with Crippen LogP contribution in [0.25, 0.3) is 0 Å². The van der Waals surface area contributed by atoms with E-state index in [1.54, 1.807) is 0 Å².